The van der Waals surface area contributed by atoms with Crippen LogP contribution in [0.5, 0.6) is 0 Å². The Morgan fingerprint density at radius 1 is 1.47 bits per heavy atom. The molecule has 1 N–H and O–H groups in total. The first kappa shape index (κ1) is 12.7. The highest BCUT2D eigenvalue weighted by atomic mass is 79.9. The van der Waals surface area contributed by atoms with Crippen molar-refractivity contribution in [2.45, 2.75) is 33.2 Å². The van der Waals surface area contributed by atoms with Crippen LogP contribution in [0, 0.1) is 5.92 Å². The van der Waals surface area contributed by atoms with Crippen LogP contribution in [0.2, 0.25) is 0 Å². The van der Waals surface area contributed by atoms with Gasteiger partial charge in [-0.05, 0) is 40.5 Å². The van der Waals surface area contributed by atoms with E-state index in [1.54, 1.807) is 0 Å². The Bertz CT molecular complexity index is 301. The molecule has 1 aromatic rings. The number of hydrogen-bond acceptors (Lipinski definition) is 2. The highest BCUT2D eigenvalue weighted by Gasteiger charge is 2.19. The molecule has 0 radical (unpaired) electrons. The molecule has 1 rings (SSSR count). The van der Waals surface area contributed by atoms with Crippen molar-refractivity contribution in [2.75, 3.05) is 6.54 Å². The minimum absolute atomic E-state index is 0.343. The second-order valence-electron chi connectivity index (χ2n) is 3.79. The summed E-state index contributed by atoms with van der Waals surface area (Å²) in [5, 5.41) is 3.50. The van der Waals surface area contributed by atoms with Crippen LogP contribution >= 0.6 is 15.9 Å². The van der Waals surface area contributed by atoms with Crippen LogP contribution in [0.15, 0.2) is 22.8 Å². The minimum Gasteiger partial charge on any atom is -0.309 e. The largest absolute Gasteiger partial charge is 0.309 e. The van der Waals surface area contributed by atoms with E-state index in [2.05, 4.69) is 53.1 Å². The van der Waals surface area contributed by atoms with Crippen LogP contribution in [-0.4, -0.2) is 11.5 Å². The fourth-order valence-electron chi connectivity index (χ4n) is 1.65. The molecule has 1 aromatic heterocycles. The topological polar surface area (TPSA) is 24.9 Å². The average molecular weight is 271 g/mol. The minimum atomic E-state index is 0.343. The first-order chi connectivity index (χ1) is 7.20. The van der Waals surface area contributed by atoms with Gasteiger partial charge in [0.25, 0.3) is 0 Å². The van der Waals surface area contributed by atoms with Crippen LogP contribution in [0.3, 0.4) is 0 Å². The van der Waals surface area contributed by atoms with E-state index >= 15 is 0 Å². The summed E-state index contributed by atoms with van der Waals surface area (Å²) in [5.74, 6) is 0.594. The fraction of sp³-hybridized carbons (Fsp3) is 0.583. The number of rotatable bonds is 5. The Labute approximate surface area is 101 Å². The zero-order chi connectivity index (χ0) is 11.3. The third kappa shape index (κ3) is 3.28. The molecule has 0 saturated carbocycles. The summed E-state index contributed by atoms with van der Waals surface area (Å²) in [6.45, 7) is 7.57. The molecule has 0 aromatic carbocycles. The van der Waals surface area contributed by atoms with Crippen molar-refractivity contribution in [3.05, 3.63) is 28.5 Å². The molecule has 1 heterocycles. The Morgan fingerprint density at radius 2 is 2.20 bits per heavy atom. The number of nitrogens with one attached hydrogen (secondary N) is 1. The van der Waals surface area contributed by atoms with Crippen LogP contribution < -0.4 is 5.32 Å². The summed E-state index contributed by atoms with van der Waals surface area (Å²) in [6.07, 6.45) is 3.01. The standard InChI is InChI=1S/C12H19BrN2/c1-4-9(3)11(14-5-2)12-10(13)7-6-8-15-12/h6-9,11,14H,4-5H2,1-3H3. The monoisotopic (exact) mass is 270 g/mol. The molecule has 0 fully saturated rings. The second-order valence-corrected chi connectivity index (χ2v) is 4.65. The summed E-state index contributed by atoms with van der Waals surface area (Å²) in [4.78, 5) is 4.46. The Morgan fingerprint density at radius 3 is 2.73 bits per heavy atom. The number of aromatic nitrogens is 1. The third-order valence-electron chi connectivity index (χ3n) is 2.72. The lowest BCUT2D eigenvalue weighted by atomic mass is 9.96. The van der Waals surface area contributed by atoms with Gasteiger partial charge in [-0.25, -0.2) is 0 Å². The fourth-order valence-corrected chi connectivity index (χ4v) is 2.15. The quantitative estimate of drug-likeness (QED) is 0.886. The molecule has 15 heavy (non-hydrogen) atoms. The maximum absolute atomic E-state index is 4.46. The summed E-state index contributed by atoms with van der Waals surface area (Å²) >= 11 is 3.56. The molecule has 2 atom stereocenters. The van der Waals surface area contributed by atoms with E-state index in [-0.39, 0.29) is 0 Å². The van der Waals surface area contributed by atoms with E-state index in [1.807, 2.05) is 12.3 Å². The van der Waals surface area contributed by atoms with Crippen molar-refractivity contribution in [1.29, 1.82) is 0 Å². The molecule has 0 bridgehead atoms. The van der Waals surface area contributed by atoms with Crippen LogP contribution in [0.1, 0.15) is 38.9 Å². The summed E-state index contributed by atoms with van der Waals surface area (Å²) in [5.41, 5.74) is 1.12. The predicted octanol–water partition coefficient (Wildman–Crippen LogP) is 3.54. The second kappa shape index (κ2) is 6.23. The predicted molar refractivity (Wildman–Crippen MR) is 67.8 cm³/mol. The average Bonchev–Trinajstić information content (AvgIpc) is 2.26. The zero-order valence-electron chi connectivity index (χ0n) is 9.63. The number of halogens is 1. The maximum Gasteiger partial charge on any atom is 0.0717 e. The number of pyridine rings is 1. The van der Waals surface area contributed by atoms with Gasteiger partial charge in [0.2, 0.25) is 0 Å². The number of nitrogens with zero attached hydrogens (tertiary/aromatic N) is 1. The van der Waals surface area contributed by atoms with Crippen LogP contribution in [0.25, 0.3) is 0 Å². The number of hydrogen-bond donors (Lipinski definition) is 1. The molecule has 0 aliphatic carbocycles. The zero-order valence-corrected chi connectivity index (χ0v) is 11.2. The summed E-state index contributed by atoms with van der Waals surface area (Å²) in [7, 11) is 0. The molecule has 2 unspecified atom stereocenters. The highest BCUT2D eigenvalue weighted by molar-refractivity contribution is 9.10. The van der Waals surface area contributed by atoms with Crippen molar-refractivity contribution in [3.63, 3.8) is 0 Å². The third-order valence-corrected chi connectivity index (χ3v) is 3.39. The van der Waals surface area contributed by atoms with Gasteiger partial charge in [-0.15, -0.1) is 0 Å². The normalized spacial score (nSPS) is 14.9. The lowest BCUT2D eigenvalue weighted by Gasteiger charge is -2.24. The van der Waals surface area contributed by atoms with Gasteiger partial charge in [-0.1, -0.05) is 27.2 Å². The van der Waals surface area contributed by atoms with E-state index < -0.39 is 0 Å². The Kier molecular flexibility index (Phi) is 5.26. The van der Waals surface area contributed by atoms with Gasteiger partial charge in [0.15, 0.2) is 0 Å². The van der Waals surface area contributed by atoms with Gasteiger partial charge in [0.1, 0.15) is 0 Å². The van der Waals surface area contributed by atoms with Crippen molar-refractivity contribution < 1.29 is 0 Å². The highest BCUT2D eigenvalue weighted by Crippen LogP contribution is 2.28. The molecule has 84 valence electrons. The maximum atomic E-state index is 4.46. The van der Waals surface area contributed by atoms with Gasteiger partial charge in [0, 0.05) is 10.7 Å². The Hall–Kier alpha value is -0.410. The molecular formula is C12H19BrN2. The molecular weight excluding hydrogens is 252 g/mol. The van der Waals surface area contributed by atoms with Crippen molar-refractivity contribution >= 4 is 15.9 Å². The lowest BCUT2D eigenvalue weighted by Crippen LogP contribution is -2.27. The van der Waals surface area contributed by atoms with Crippen molar-refractivity contribution in [1.82, 2.24) is 10.3 Å². The first-order valence-electron chi connectivity index (χ1n) is 5.54. The van der Waals surface area contributed by atoms with Gasteiger partial charge in [-0.2, -0.15) is 0 Å². The van der Waals surface area contributed by atoms with Crippen LogP contribution in [-0.2, 0) is 0 Å². The van der Waals surface area contributed by atoms with E-state index in [0.717, 1.165) is 23.1 Å². The lowest BCUT2D eigenvalue weighted by molar-refractivity contribution is 0.375. The molecule has 0 saturated heterocycles. The van der Waals surface area contributed by atoms with E-state index in [4.69, 9.17) is 0 Å². The van der Waals surface area contributed by atoms with Crippen molar-refractivity contribution in [3.8, 4) is 0 Å². The van der Waals surface area contributed by atoms with E-state index in [1.165, 1.54) is 0 Å². The molecule has 0 spiro atoms. The Balaban J connectivity index is 2.93. The van der Waals surface area contributed by atoms with Gasteiger partial charge >= 0.3 is 0 Å². The van der Waals surface area contributed by atoms with Gasteiger partial charge in [0.05, 0.1) is 11.7 Å². The summed E-state index contributed by atoms with van der Waals surface area (Å²) in [6, 6.07) is 4.35. The van der Waals surface area contributed by atoms with E-state index in [0.29, 0.717) is 12.0 Å². The molecule has 2 nitrogen and oxygen atoms in total. The molecule has 0 amide bonds. The smallest absolute Gasteiger partial charge is 0.0717 e. The van der Waals surface area contributed by atoms with Gasteiger partial charge < -0.3 is 5.32 Å². The SMILES string of the molecule is CCNC(c1ncccc1Br)C(C)CC. The molecule has 0 aliphatic heterocycles. The van der Waals surface area contributed by atoms with Gasteiger partial charge in [-0.3, -0.25) is 4.98 Å². The van der Waals surface area contributed by atoms with Crippen molar-refractivity contribution in [2.24, 2.45) is 5.92 Å². The molecule has 3 heteroatoms. The summed E-state index contributed by atoms with van der Waals surface area (Å²) < 4.78 is 1.09. The van der Waals surface area contributed by atoms with E-state index in [9.17, 15) is 0 Å². The van der Waals surface area contributed by atoms with Crippen LogP contribution in [0.4, 0.5) is 0 Å². The first-order valence-corrected chi connectivity index (χ1v) is 6.33. The molecule has 0 aliphatic rings.